The number of halogens is 1. The highest BCUT2D eigenvalue weighted by Crippen LogP contribution is 2.20. The average Bonchev–Trinajstić information content (AvgIpc) is 2.61. The zero-order chi connectivity index (χ0) is 10.8. The summed E-state index contributed by atoms with van der Waals surface area (Å²) in [5.41, 5.74) is 0.897. The summed E-state index contributed by atoms with van der Waals surface area (Å²) in [6.45, 7) is 0. The Morgan fingerprint density at radius 2 is 1.87 bits per heavy atom. The molecule has 2 N–H and O–H groups in total. The van der Waals surface area contributed by atoms with Gasteiger partial charge in [-0.3, -0.25) is 15.0 Å². The molecule has 0 atom stereocenters. The van der Waals surface area contributed by atoms with Gasteiger partial charge in [-0.15, -0.1) is 0 Å². The Bertz CT molecular complexity index is 574. The van der Waals surface area contributed by atoms with Gasteiger partial charge in [-0.05, 0) is 12.1 Å². The summed E-state index contributed by atoms with van der Waals surface area (Å²) in [5.74, 6) is 0. The van der Waals surface area contributed by atoms with Gasteiger partial charge < -0.3 is 0 Å². The predicted molar refractivity (Wildman–Crippen MR) is 56.6 cm³/mol. The molecule has 0 aliphatic carbocycles. The molecule has 2 aromatic rings. The monoisotopic (exact) mass is 219 g/mol. The summed E-state index contributed by atoms with van der Waals surface area (Å²) in [6.07, 6.45) is 0. The Hall–Kier alpha value is -1.99. The molecule has 4 nitrogen and oxygen atoms in total. The Morgan fingerprint density at radius 1 is 1.20 bits per heavy atom. The zero-order valence-electron chi connectivity index (χ0n) is 7.54. The molecule has 1 heterocycles. The molecule has 0 radical (unpaired) electrons. The number of aromatic nitrogens is 2. The van der Waals surface area contributed by atoms with Crippen molar-refractivity contribution in [3.63, 3.8) is 0 Å². The number of hydrogen-bond acceptors (Lipinski definition) is 2. The van der Waals surface area contributed by atoms with E-state index in [1.54, 1.807) is 24.3 Å². The first-order chi connectivity index (χ1) is 7.22. The second-order valence-corrected chi connectivity index (χ2v) is 3.38. The minimum Gasteiger partial charge on any atom is -0.296 e. The number of hydrogen-bond donors (Lipinski definition) is 2. The van der Waals surface area contributed by atoms with Gasteiger partial charge >= 0.3 is 0 Å². The van der Waals surface area contributed by atoms with Crippen molar-refractivity contribution < 1.29 is 0 Å². The topological polar surface area (TPSA) is 72.4 Å². The molecule has 1 aromatic heterocycles. The highest BCUT2D eigenvalue weighted by molar-refractivity contribution is 6.30. The summed E-state index contributed by atoms with van der Waals surface area (Å²) < 4.78 is 0. The van der Waals surface area contributed by atoms with Crippen LogP contribution < -0.4 is 5.56 Å². The van der Waals surface area contributed by atoms with Gasteiger partial charge in [-0.25, -0.2) is 0 Å². The average molecular weight is 220 g/mol. The van der Waals surface area contributed by atoms with Gasteiger partial charge in [0.05, 0.1) is 5.69 Å². The van der Waals surface area contributed by atoms with Crippen molar-refractivity contribution >= 4 is 11.6 Å². The summed E-state index contributed by atoms with van der Waals surface area (Å²) in [4.78, 5) is 11.2. The Morgan fingerprint density at radius 3 is 2.47 bits per heavy atom. The second kappa shape index (κ2) is 3.64. The van der Waals surface area contributed by atoms with E-state index in [1.807, 2.05) is 6.07 Å². The van der Waals surface area contributed by atoms with Crippen molar-refractivity contribution in [2.45, 2.75) is 0 Å². The van der Waals surface area contributed by atoms with E-state index in [1.165, 1.54) is 0 Å². The van der Waals surface area contributed by atoms with Crippen molar-refractivity contribution in [2.24, 2.45) is 0 Å². The van der Waals surface area contributed by atoms with Crippen molar-refractivity contribution in [1.29, 1.82) is 5.26 Å². The molecule has 0 fully saturated rings. The zero-order valence-corrected chi connectivity index (χ0v) is 8.30. The Kier molecular flexibility index (Phi) is 2.32. The van der Waals surface area contributed by atoms with Crippen LogP contribution in [0.5, 0.6) is 0 Å². The molecule has 0 aliphatic heterocycles. The summed E-state index contributed by atoms with van der Waals surface area (Å²) in [5, 5.41) is 14.4. The van der Waals surface area contributed by atoms with E-state index in [0.717, 1.165) is 5.56 Å². The number of nitrogens with one attached hydrogen (secondary N) is 2. The quantitative estimate of drug-likeness (QED) is 0.769. The Labute approximate surface area is 90.1 Å². The van der Waals surface area contributed by atoms with E-state index in [-0.39, 0.29) is 5.56 Å². The van der Waals surface area contributed by atoms with Gasteiger partial charge in [0.1, 0.15) is 11.6 Å². The van der Waals surface area contributed by atoms with Crippen LogP contribution in [-0.2, 0) is 0 Å². The lowest BCUT2D eigenvalue weighted by molar-refractivity contribution is 1.06. The van der Waals surface area contributed by atoms with E-state index >= 15 is 0 Å². The molecule has 0 saturated heterocycles. The third-order valence-corrected chi connectivity index (χ3v) is 2.27. The van der Waals surface area contributed by atoms with Crippen LogP contribution in [0.4, 0.5) is 0 Å². The van der Waals surface area contributed by atoms with Crippen LogP contribution in [0.3, 0.4) is 0 Å². The molecule has 0 bridgehead atoms. The summed E-state index contributed by atoms with van der Waals surface area (Å²) in [6, 6.07) is 8.72. The molecule has 74 valence electrons. The number of rotatable bonds is 1. The van der Waals surface area contributed by atoms with Gasteiger partial charge in [0.2, 0.25) is 0 Å². The van der Waals surface area contributed by atoms with Crippen LogP contribution in [0.1, 0.15) is 5.56 Å². The molecule has 0 spiro atoms. The van der Waals surface area contributed by atoms with Crippen LogP contribution in [0, 0.1) is 11.3 Å². The van der Waals surface area contributed by atoms with Crippen LogP contribution in [0.15, 0.2) is 29.1 Å². The van der Waals surface area contributed by atoms with Crippen LogP contribution in [-0.4, -0.2) is 10.2 Å². The number of aromatic amines is 2. The Balaban J connectivity index is 2.60. The SMILES string of the molecule is N#Cc1c(-c2ccc(Cl)cc2)[nH][nH]c1=O. The lowest BCUT2D eigenvalue weighted by atomic mass is 10.1. The third kappa shape index (κ3) is 1.65. The van der Waals surface area contributed by atoms with Crippen LogP contribution >= 0.6 is 11.6 Å². The third-order valence-electron chi connectivity index (χ3n) is 2.02. The normalized spacial score (nSPS) is 9.87. The van der Waals surface area contributed by atoms with E-state index in [0.29, 0.717) is 10.7 Å². The first-order valence-electron chi connectivity index (χ1n) is 4.19. The fraction of sp³-hybridized carbons (Fsp3) is 0. The minimum absolute atomic E-state index is 0.0809. The first kappa shape index (κ1) is 9.56. The van der Waals surface area contributed by atoms with Crippen molar-refractivity contribution in [2.75, 3.05) is 0 Å². The smallest absolute Gasteiger partial charge is 0.282 e. The van der Waals surface area contributed by atoms with E-state index < -0.39 is 5.56 Å². The van der Waals surface area contributed by atoms with Gasteiger partial charge in [0.15, 0.2) is 0 Å². The maximum absolute atomic E-state index is 11.2. The molecule has 1 aromatic carbocycles. The van der Waals surface area contributed by atoms with Crippen molar-refractivity contribution in [1.82, 2.24) is 10.2 Å². The summed E-state index contributed by atoms with van der Waals surface area (Å²) >= 11 is 5.73. The minimum atomic E-state index is -0.414. The fourth-order valence-corrected chi connectivity index (χ4v) is 1.42. The maximum Gasteiger partial charge on any atom is 0.282 e. The van der Waals surface area contributed by atoms with Gasteiger partial charge in [0, 0.05) is 10.6 Å². The lowest BCUT2D eigenvalue weighted by Gasteiger charge is -1.97. The standard InChI is InChI=1S/C10H6ClN3O/c11-7-3-1-6(2-4-7)9-8(5-12)10(15)14-13-9/h1-4H,(H2,13,14,15). The van der Waals surface area contributed by atoms with E-state index in [4.69, 9.17) is 16.9 Å². The molecule has 0 saturated carbocycles. The molecule has 0 amide bonds. The maximum atomic E-state index is 11.2. The molecular formula is C10H6ClN3O. The van der Waals surface area contributed by atoms with E-state index in [9.17, 15) is 4.79 Å². The molecule has 5 heteroatoms. The predicted octanol–water partition coefficient (Wildman–Crippen LogP) is 1.90. The highest BCUT2D eigenvalue weighted by Gasteiger charge is 2.10. The van der Waals surface area contributed by atoms with Crippen LogP contribution in [0.2, 0.25) is 5.02 Å². The molecule has 15 heavy (non-hydrogen) atoms. The second-order valence-electron chi connectivity index (χ2n) is 2.95. The lowest BCUT2D eigenvalue weighted by Crippen LogP contribution is -2.01. The molecular weight excluding hydrogens is 214 g/mol. The molecule has 0 aliphatic rings. The van der Waals surface area contributed by atoms with Gasteiger partial charge in [-0.2, -0.15) is 5.26 Å². The van der Waals surface area contributed by atoms with Crippen molar-refractivity contribution in [3.05, 3.63) is 45.2 Å². The van der Waals surface area contributed by atoms with Gasteiger partial charge in [-0.1, -0.05) is 23.7 Å². The first-order valence-corrected chi connectivity index (χ1v) is 4.57. The molecule has 2 rings (SSSR count). The van der Waals surface area contributed by atoms with Crippen LogP contribution in [0.25, 0.3) is 11.3 Å². The number of nitriles is 1. The van der Waals surface area contributed by atoms with Gasteiger partial charge in [0.25, 0.3) is 5.56 Å². The fourth-order valence-electron chi connectivity index (χ4n) is 1.30. The number of H-pyrrole nitrogens is 2. The van der Waals surface area contributed by atoms with Crippen molar-refractivity contribution in [3.8, 4) is 17.3 Å². The number of benzene rings is 1. The largest absolute Gasteiger partial charge is 0.296 e. The highest BCUT2D eigenvalue weighted by atomic mass is 35.5. The molecule has 0 unspecified atom stereocenters. The van der Waals surface area contributed by atoms with E-state index in [2.05, 4.69) is 10.2 Å². The summed E-state index contributed by atoms with van der Waals surface area (Å²) in [7, 11) is 0. The number of nitrogens with zero attached hydrogens (tertiary/aromatic N) is 1.